The smallest absolute Gasteiger partial charge is 0.326 e. The maximum absolute atomic E-state index is 12.7. The van der Waals surface area contributed by atoms with E-state index in [1.807, 2.05) is 6.07 Å². The maximum atomic E-state index is 12.7. The summed E-state index contributed by atoms with van der Waals surface area (Å²) in [6, 6.07) is 12.1. The number of carboxylic acid groups (broad SMARTS) is 1. The van der Waals surface area contributed by atoms with E-state index in [9.17, 15) is 24.8 Å². The molecule has 1 N–H and O–H groups in total. The summed E-state index contributed by atoms with van der Waals surface area (Å²) in [4.78, 5) is 36.1. The van der Waals surface area contributed by atoms with Crippen LogP contribution in [0.4, 0.5) is 5.69 Å². The standard InChI is InChI=1S/C19H20N2O5/c1-3-14-9-10-15(12-16(14)21(25)26)18(22)20(2)17(19(23)24)11-13-7-5-4-6-8-13/h4-10,12,17H,3,11H2,1-2H3,(H,23,24). The molecule has 0 radical (unpaired) electrons. The summed E-state index contributed by atoms with van der Waals surface area (Å²) in [7, 11) is 1.39. The zero-order valence-electron chi connectivity index (χ0n) is 14.6. The topological polar surface area (TPSA) is 101 Å². The first-order chi connectivity index (χ1) is 12.3. The molecule has 0 fully saturated rings. The van der Waals surface area contributed by atoms with Gasteiger partial charge in [0.05, 0.1) is 4.92 Å². The summed E-state index contributed by atoms with van der Waals surface area (Å²) >= 11 is 0. The van der Waals surface area contributed by atoms with Gasteiger partial charge in [-0.25, -0.2) is 4.79 Å². The van der Waals surface area contributed by atoms with E-state index in [1.165, 1.54) is 25.2 Å². The Hall–Kier alpha value is -3.22. The molecule has 2 rings (SSSR count). The van der Waals surface area contributed by atoms with Gasteiger partial charge in [-0.15, -0.1) is 0 Å². The van der Waals surface area contributed by atoms with Crippen molar-refractivity contribution in [2.24, 2.45) is 0 Å². The Balaban J connectivity index is 2.30. The second kappa shape index (κ2) is 8.24. The molecule has 7 heteroatoms. The highest BCUT2D eigenvalue weighted by atomic mass is 16.6. The molecule has 1 amide bonds. The monoisotopic (exact) mass is 356 g/mol. The van der Waals surface area contributed by atoms with Crippen molar-refractivity contribution in [2.75, 3.05) is 7.05 Å². The number of hydrogen-bond donors (Lipinski definition) is 1. The van der Waals surface area contributed by atoms with Gasteiger partial charge in [0.2, 0.25) is 0 Å². The molecule has 1 unspecified atom stereocenters. The van der Waals surface area contributed by atoms with Gasteiger partial charge in [-0.1, -0.05) is 43.3 Å². The van der Waals surface area contributed by atoms with Crippen LogP contribution in [-0.2, 0) is 17.6 Å². The number of rotatable bonds is 7. The second-order valence-corrected chi connectivity index (χ2v) is 5.91. The van der Waals surface area contributed by atoms with Crippen LogP contribution in [0, 0.1) is 10.1 Å². The summed E-state index contributed by atoms with van der Waals surface area (Å²) in [5.41, 5.74) is 1.26. The number of aliphatic carboxylic acids is 1. The third kappa shape index (κ3) is 4.24. The third-order valence-electron chi connectivity index (χ3n) is 4.25. The molecule has 0 spiro atoms. The molecule has 1 atom stereocenters. The van der Waals surface area contributed by atoms with Gasteiger partial charge in [-0.05, 0) is 18.1 Å². The lowest BCUT2D eigenvalue weighted by molar-refractivity contribution is -0.385. The molecule has 26 heavy (non-hydrogen) atoms. The van der Waals surface area contributed by atoms with Crippen molar-refractivity contribution in [1.29, 1.82) is 0 Å². The first-order valence-electron chi connectivity index (χ1n) is 8.16. The van der Waals surface area contributed by atoms with Crippen molar-refractivity contribution in [2.45, 2.75) is 25.8 Å². The number of hydrogen-bond acceptors (Lipinski definition) is 4. The zero-order chi connectivity index (χ0) is 19.3. The number of amides is 1. The predicted molar refractivity (Wildman–Crippen MR) is 96.1 cm³/mol. The Morgan fingerprint density at radius 2 is 1.85 bits per heavy atom. The highest BCUT2D eigenvalue weighted by molar-refractivity contribution is 5.97. The van der Waals surface area contributed by atoms with E-state index in [0.717, 1.165) is 10.5 Å². The Morgan fingerprint density at radius 1 is 1.19 bits per heavy atom. The van der Waals surface area contributed by atoms with Crippen LogP contribution in [0.25, 0.3) is 0 Å². The highest BCUT2D eigenvalue weighted by Gasteiger charge is 2.28. The van der Waals surface area contributed by atoms with Crippen molar-refractivity contribution < 1.29 is 19.6 Å². The van der Waals surface area contributed by atoms with Crippen LogP contribution in [0.2, 0.25) is 0 Å². The fraction of sp³-hybridized carbons (Fsp3) is 0.263. The summed E-state index contributed by atoms with van der Waals surface area (Å²) in [5, 5.41) is 20.7. The molecule has 0 aliphatic heterocycles. The van der Waals surface area contributed by atoms with E-state index in [4.69, 9.17) is 0 Å². The van der Waals surface area contributed by atoms with Gasteiger partial charge in [-0.2, -0.15) is 0 Å². The second-order valence-electron chi connectivity index (χ2n) is 5.91. The minimum atomic E-state index is -1.13. The normalized spacial score (nSPS) is 11.6. The Bertz CT molecular complexity index is 820. The minimum Gasteiger partial charge on any atom is -0.480 e. The van der Waals surface area contributed by atoms with Crippen molar-refractivity contribution in [3.63, 3.8) is 0 Å². The van der Waals surface area contributed by atoms with Crippen LogP contribution >= 0.6 is 0 Å². The maximum Gasteiger partial charge on any atom is 0.326 e. The van der Waals surface area contributed by atoms with Gasteiger partial charge < -0.3 is 10.0 Å². The van der Waals surface area contributed by atoms with Gasteiger partial charge in [0, 0.05) is 30.7 Å². The molecule has 0 aliphatic carbocycles. The highest BCUT2D eigenvalue weighted by Crippen LogP contribution is 2.22. The lowest BCUT2D eigenvalue weighted by atomic mass is 10.0. The first-order valence-corrected chi connectivity index (χ1v) is 8.16. The average molecular weight is 356 g/mol. The van der Waals surface area contributed by atoms with Crippen LogP contribution in [0.5, 0.6) is 0 Å². The van der Waals surface area contributed by atoms with Gasteiger partial charge in [0.15, 0.2) is 0 Å². The molecule has 136 valence electrons. The number of carboxylic acids is 1. The van der Waals surface area contributed by atoms with E-state index in [0.29, 0.717) is 12.0 Å². The minimum absolute atomic E-state index is 0.0933. The molecule has 0 bridgehead atoms. The van der Waals surface area contributed by atoms with Crippen LogP contribution in [0.3, 0.4) is 0 Å². The Morgan fingerprint density at radius 3 is 2.38 bits per heavy atom. The number of nitro groups is 1. The van der Waals surface area contributed by atoms with Gasteiger partial charge >= 0.3 is 5.97 Å². The largest absolute Gasteiger partial charge is 0.480 e. The van der Waals surface area contributed by atoms with Crippen LogP contribution in [0.1, 0.15) is 28.4 Å². The SMILES string of the molecule is CCc1ccc(C(=O)N(C)C(Cc2ccccc2)C(=O)O)cc1[N+](=O)[O-]. The quantitative estimate of drug-likeness (QED) is 0.607. The summed E-state index contributed by atoms with van der Waals surface area (Å²) in [6.45, 7) is 1.79. The lowest BCUT2D eigenvalue weighted by Gasteiger charge is -2.25. The summed E-state index contributed by atoms with van der Waals surface area (Å²) in [6.07, 6.45) is 0.611. The van der Waals surface area contributed by atoms with Crippen LogP contribution < -0.4 is 0 Å². The first kappa shape index (κ1) is 19.1. The Kier molecular flexibility index (Phi) is 6.06. The molecular weight excluding hydrogens is 336 g/mol. The molecule has 0 aromatic heterocycles. The predicted octanol–water partition coefficient (Wildman–Crippen LogP) is 2.93. The van der Waals surface area contributed by atoms with Gasteiger partial charge in [-0.3, -0.25) is 14.9 Å². The number of likely N-dealkylation sites (N-methyl/N-ethyl adjacent to an activating group) is 1. The van der Waals surface area contributed by atoms with E-state index in [-0.39, 0.29) is 17.7 Å². The number of benzene rings is 2. The van der Waals surface area contributed by atoms with E-state index >= 15 is 0 Å². The molecule has 0 aliphatic rings. The fourth-order valence-electron chi connectivity index (χ4n) is 2.74. The third-order valence-corrected chi connectivity index (χ3v) is 4.25. The summed E-state index contributed by atoms with van der Waals surface area (Å²) < 4.78 is 0. The fourth-order valence-corrected chi connectivity index (χ4v) is 2.74. The van der Waals surface area contributed by atoms with Crippen molar-refractivity contribution in [1.82, 2.24) is 4.90 Å². The lowest BCUT2D eigenvalue weighted by Crippen LogP contribution is -2.43. The van der Waals surface area contributed by atoms with Crippen molar-refractivity contribution >= 4 is 17.6 Å². The number of carbonyl (C=O) groups is 2. The number of nitrogens with zero attached hydrogens (tertiary/aromatic N) is 2. The van der Waals surface area contributed by atoms with Crippen molar-refractivity contribution in [3.8, 4) is 0 Å². The van der Waals surface area contributed by atoms with E-state index in [1.54, 1.807) is 31.2 Å². The van der Waals surface area contributed by atoms with Crippen molar-refractivity contribution in [3.05, 3.63) is 75.3 Å². The number of nitro benzene ring substituents is 1. The van der Waals surface area contributed by atoms with Gasteiger partial charge in [0.25, 0.3) is 11.6 Å². The molecular formula is C19H20N2O5. The van der Waals surface area contributed by atoms with Crippen LogP contribution in [0.15, 0.2) is 48.5 Å². The molecule has 2 aromatic rings. The zero-order valence-corrected chi connectivity index (χ0v) is 14.6. The van der Waals surface area contributed by atoms with E-state index in [2.05, 4.69) is 0 Å². The number of carbonyl (C=O) groups excluding carboxylic acids is 1. The molecule has 7 nitrogen and oxygen atoms in total. The molecule has 2 aromatic carbocycles. The summed E-state index contributed by atoms with van der Waals surface area (Å²) in [5.74, 6) is -1.71. The Labute approximate surface area is 151 Å². The van der Waals surface area contributed by atoms with E-state index < -0.39 is 22.8 Å². The molecule has 0 heterocycles. The van der Waals surface area contributed by atoms with Crippen LogP contribution in [-0.4, -0.2) is 39.9 Å². The number of aryl methyl sites for hydroxylation is 1. The molecule has 0 saturated carbocycles. The molecule has 0 saturated heterocycles. The average Bonchev–Trinajstić information content (AvgIpc) is 2.65. The van der Waals surface area contributed by atoms with Gasteiger partial charge in [0.1, 0.15) is 6.04 Å².